The van der Waals surface area contributed by atoms with Crippen LogP contribution in [0.25, 0.3) is 11.0 Å². The number of likely N-dealkylation sites (tertiary alicyclic amines) is 1. The Labute approximate surface area is 189 Å². The van der Waals surface area contributed by atoms with Crippen LogP contribution >= 0.6 is 0 Å². The topological polar surface area (TPSA) is 101 Å². The normalized spacial score (nSPS) is 18.2. The zero-order valence-corrected chi connectivity index (χ0v) is 18.1. The van der Waals surface area contributed by atoms with E-state index in [1.165, 1.54) is 18.3 Å². The highest BCUT2D eigenvalue weighted by Gasteiger charge is 2.22. The molecule has 10 heteroatoms. The van der Waals surface area contributed by atoms with Gasteiger partial charge in [-0.3, -0.25) is 14.6 Å². The molecule has 1 amide bonds. The van der Waals surface area contributed by atoms with E-state index >= 15 is 0 Å². The number of pyridine rings is 3. The summed E-state index contributed by atoms with van der Waals surface area (Å²) in [6, 6.07) is 8.20. The average Bonchev–Trinajstić information content (AvgIpc) is 3.26. The quantitative estimate of drug-likeness (QED) is 0.558. The van der Waals surface area contributed by atoms with E-state index < -0.39 is 5.82 Å². The number of hydrogen-bond donors (Lipinski definition) is 2. The molecular formula is C23H25FN6O3. The first-order valence-electron chi connectivity index (χ1n) is 11.1. The predicted molar refractivity (Wildman–Crippen MR) is 121 cm³/mol. The van der Waals surface area contributed by atoms with Gasteiger partial charge in [-0.1, -0.05) is 0 Å². The summed E-state index contributed by atoms with van der Waals surface area (Å²) >= 11 is 0. The van der Waals surface area contributed by atoms with Gasteiger partial charge in [-0.05, 0) is 43.6 Å². The number of carbonyl (C=O) groups is 1. The molecule has 1 saturated heterocycles. The summed E-state index contributed by atoms with van der Waals surface area (Å²) in [6.07, 6.45) is 2.23. The van der Waals surface area contributed by atoms with Gasteiger partial charge < -0.3 is 24.8 Å². The van der Waals surface area contributed by atoms with Crippen LogP contribution in [0.5, 0.6) is 5.75 Å². The second-order valence-corrected chi connectivity index (χ2v) is 8.45. The monoisotopic (exact) mass is 452 g/mol. The molecule has 0 saturated carbocycles. The van der Waals surface area contributed by atoms with Gasteiger partial charge in [0.2, 0.25) is 0 Å². The minimum absolute atomic E-state index is 0.0212. The number of ether oxygens (including phenoxy) is 1. The SMILES string of the molecule is O=C1COc2ccc(CNC[C@@H]3CCN(CCn4c(=O)ccc5ncc(F)cc54)C3)nc2N1. The van der Waals surface area contributed by atoms with Crippen molar-refractivity contribution in [2.75, 3.05) is 38.1 Å². The van der Waals surface area contributed by atoms with Gasteiger partial charge in [0, 0.05) is 38.3 Å². The number of nitrogens with zero attached hydrogens (tertiary/aromatic N) is 4. The van der Waals surface area contributed by atoms with Gasteiger partial charge in [0.15, 0.2) is 18.2 Å². The molecule has 1 atom stereocenters. The first kappa shape index (κ1) is 21.5. The second kappa shape index (κ2) is 9.24. The lowest BCUT2D eigenvalue weighted by atomic mass is 10.1. The Balaban J connectivity index is 1.12. The van der Waals surface area contributed by atoms with Crippen LogP contribution < -0.4 is 20.9 Å². The highest BCUT2D eigenvalue weighted by atomic mass is 19.1. The Kier molecular flexibility index (Phi) is 6.01. The van der Waals surface area contributed by atoms with Crippen LogP contribution in [0, 0.1) is 11.7 Å². The highest BCUT2D eigenvalue weighted by Crippen LogP contribution is 2.25. The lowest BCUT2D eigenvalue weighted by Gasteiger charge is -2.18. The molecular weight excluding hydrogens is 427 g/mol. The number of amides is 1. The van der Waals surface area contributed by atoms with Gasteiger partial charge in [-0.25, -0.2) is 9.37 Å². The summed E-state index contributed by atoms with van der Waals surface area (Å²) in [6.45, 7) is 4.57. The third-order valence-corrected chi connectivity index (χ3v) is 6.09. The fraction of sp³-hybridized carbons (Fsp3) is 0.391. The van der Waals surface area contributed by atoms with Crippen molar-refractivity contribution in [1.82, 2.24) is 24.8 Å². The first-order chi connectivity index (χ1) is 16.0. The van der Waals surface area contributed by atoms with E-state index in [4.69, 9.17) is 4.74 Å². The zero-order chi connectivity index (χ0) is 22.8. The summed E-state index contributed by atoms with van der Waals surface area (Å²) in [5.74, 6) is 0.912. The molecule has 172 valence electrons. The molecule has 0 aromatic carbocycles. The Morgan fingerprint density at radius 3 is 3.03 bits per heavy atom. The summed E-state index contributed by atoms with van der Waals surface area (Å²) in [4.78, 5) is 34.7. The molecule has 0 radical (unpaired) electrons. The Bertz CT molecular complexity index is 1250. The lowest BCUT2D eigenvalue weighted by molar-refractivity contribution is -0.118. The van der Waals surface area contributed by atoms with E-state index in [-0.39, 0.29) is 18.1 Å². The summed E-state index contributed by atoms with van der Waals surface area (Å²) < 4.78 is 20.6. The molecule has 3 aromatic heterocycles. The molecule has 1 fully saturated rings. The van der Waals surface area contributed by atoms with Crippen LogP contribution in [0.15, 0.2) is 41.3 Å². The first-order valence-corrected chi connectivity index (χ1v) is 11.1. The molecule has 2 aliphatic heterocycles. The van der Waals surface area contributed by atoms with Crippen molar-refractivity contribution in [2.24, 2.45) is 5.92 Å². The molecule has 5 heterocycles. The minimum Gasteiger partial charge on any atom is -0.480 e. The Hall–Kier alpha value is -3.37. The summed E-state index contributed by atoms with van der Waals surface area (Å²) in [7, 11) is 0. The van der Waals surface area contributed by atoms with Crippen LogP contribution in [0.1, 0.15) is 12.1 Å². The van der Waals surface area contributed by atoms with Crippen molar-refractivity contribution >= 4 is 22.8 Å². The van der Waals surface area contributed by atoms with Crippen molar-refractivity contribution in [3.63, 3.8) is 0 Å². The minimum atomic E-state index is -0.447. The van der Waals surface area contributed by atoms with Crippen molar-refractivity contribution in [3.05, 3.63) is 58.4 Å². The number of nitrogens with one attached hydrogen (secondary N) is 2. The van der Waals surface area contributed by atoms with Crippen molar-refractivity contribution < 1.29 is 13.9 Å². The van der Waals surface area contributed by atoms with E-state index in [2.05, 4.69) is 25.5 Å². The third kappa shape index (κ3) is 4.86. The van der Waals surface area contributed by atoms with E-state index in [1.807, 2.05) is 12.1 Å². The number of carbonyl (C=O) groups excluding carboxylic acids is 1. The average molecular weight is 452 g/mol. The maximum absolute atomic E-state index is 13.7. The summed E-state index contributed by atoms with van der Waals surface area (Å²) in [5, 5.41) is 6.17. The van der Waals surface area contributed by atoms with Gasteiger partial charge in [-0.2, -0.15) is 0 Å². The van der Waals surface area contributed by atoms with Gasteiger partial charge in [-0.15, -0.1) is 0 Å². The van der Waals surface area contributed by atoms with Gasteiger partial charge in [0.1, 0.15) is 5.82 Å². The molecule has 0 spiro atoms. The number of rotatable bonds is 7. The van der Waals surface area contributed by atoms with Crippen molar-refractivity contribution in [1.29, 1.82) is 0 Å². The van der Waals surface area contributed by atoms with E-state index in [0.29, 0.717) is 41.6 Å². The van der Waals surface area contributed by atoms with Crippen LogP contribution in [-0.4, -0.2) is 58.1 Å². The second-order valence-electron chi connectivity index (χ2n) is 8.45. The van der Waals surface area contributed by atoms with Crippen LogP contribution in [0.3, 0.4) is 0 Å². The van der Waals surface area contributed by atoms with Crippen LogP contribution in [0.4, 0.5) is 10.2 Å². The van der Waals surface area contributed by atoms with E-state index in [0.717, 1.165) is 38.3 Å². The fourth-order valence-corrected chi connectivity index (χ4v) is 4.40. The zero-order valence-electron chi connectivity index (χ0n) is 18.1. The van der Waals surface area contributed by atoms with Crippen molar-refractivity contribution in [3.8, 4) is 5.75 Å². The maximum atomic E-state index is 13.7. The number of halogens is 1. The van der Waals surface area contributed by atoms with Crippen molar-refractivity contribution in [2.45, 2.75) is 19.5 Å². The lowest BCUT2D eigenvalue weighted by Crippen LogP contribution is -2.31. The standard InChI is InChI=1S/C23H25FN6O3/c24-16-9-19-18(26-11-16)2-4-22(32)30(19)8-7-29-6-5-15(13-29)10-25-12-17-1-3-20-23(27-17)28-21(31)14-33-20/h1-4,9,11,15,25H,5-8,10,12-14H2,(H,27,28,31)/t15-/m0/s1. The van der Waals surface area contributed by atoms with Gasteiger partial charge in [0.25, 0.3) is 11.5 Å². The van der Waals surface area contributed by atoms with Crippen LogP contribution in [0.2, 0.25) is 0 Å². The predicted octanol–water partition coefficient (Wildman–Crippen LogP) is 1.37. The Morgan fingerprint density at radius 1 is 1.21 bits per heavy atom. The fourth-order valence-electron chi connectivity index (χ4n) is 4.40. The number of anilines is 1. The molecule has 5 rings (SSSR count). The highest BCUT2D eigenvalue weighted by molar-refractivity contribution is 5.94. The Morgan fingerprint density at radius 2 is 2.12 bits per heavy atom. The summed E-state index contributed by atoms with van der Waals surface area (Å²) in [5.41, 5.74) is 1.83. The number of aromatic nitrogens is 3. The largest absolute Gasteiger partial charge is 0.480 e. The van der Waals surface area contributed by atoms with Gasteiger partial charge in [0.05, 0.1) is 22.9 Å². The molecule has 3 aromatic rings. The molecule has 0 bridgehead atoms. The number of fused-ring (bicyclic) bond motifs is 2. The molecule has 2 N–H and O–H groups in total. The number of hydrogen-bond acceptors (Lipinski definition) is 7. The molecule has 9 nitrogen and oxygen atoms in total. The van der Waals surface area contributed by atoms with Gasteiger partial charge >= 0.3 is 0 Å². The third-order valence-electron chi connectivity index (χ3n) is 6.09. The van der Waals surface area contributed by atoms with E-state index in [9.17, 15) is 14.0 Å². The molecule has 0 unspecified atom stereocenters. The van der Waals surface area contributed by atoms with E-state index in [1.54, 1.807) is 10.6 Å². The van der Waals surface area contributed by atoms with Crippen LogP contribution in [-0.2, 0) is 17.9 Å². The molecule has 0 aliphatic carbocycles. The maximum Gasteiger partial charge on any atom is 0.263 e. The smallest absolute Gasteiger partial charge is 0.263 e. The molecule has 2 aliphatic rings. The molecule has 33 heavy (non-hydrogen) atoms.